The van der Waals surface area contributed by atoms with Gasteiger partial charge in [0.2, 0.25) is 0 Å². The van der Waals surface area contributed by atoms with E-state index in [4.69, 9.17) is 9.47 Å². The van der Waals surface area contributed by atoms with Gasteiger partial charge in [0, 0.05) is 11.3 Å². The molecule has 0 aliphatic carbocycles. The number of hydrogen-bond acceptors (Lipinski definition) is 6. The van der Waals surface area contributed by atoms with Crippen molar-refractivity contribution in [2.45, 2.75) is 17.5 Å². The number of hydrogen-bond donors (Lipinski definition) is 1. The Morgan fingerprint density at radius 1 is 0.970 bits per heavy atom. The number of aromatic nitrogens is 2. The van der Waals surface area contributed by atoms with E-state index in [0.29, 0.717) is 40.3 Å². The quantitative estimate of drug-likeness (QED) is 0.291. The Balaban J connectivity index is 1.62. The lowest BCUT2D eigenvalue weighted by Gasteiger charge is -2.13. The van der Waals surface area contributed by atoms with Crippen LogP contribution in [0.5, 0.6) is 11.5 Å². The number of benzene rings is 3. The molecule has 0 unspecified atom stereocenters. The molecule has 0 fully saturated rings. The third-order valence-corrected chi connectivity index (χ3v) is 5.85. The summed E-state index contributed by atoms with van der Waals surface area (Å²) in [7, 11) is 1.55. The summed E-state index contributed by atoms with van der Waals surface area (Å²) >= 11 is 1.40. The molecule has 0 saturated carbocycles. The second-order valence-electron chi connectivity index (χ2n) is 7.12. The highest BCUT2D eigenvalue weighted by Crippen LogP contribution is 2.33. The number of rotatable bonds is 8. The molecule has 0 aliphatic rings. The van der Waals surface area contributed by atoms with Crippen LogP contribution >= 0.6 is 11.8 Å². The second kappa shape index (κ2) is 10.5. The number of nitrogens with one attached hydrogen (secondary N) is 1. The van der Waals surface area contributed by atoms with Crippen molar-refractivity contribution in [2.24, 2.45) is 0 Å². The van der Waals surface area contributed by atoms with Gasteiger partial charge in [-0.25, -0.2) is 4.98 Å². The van der Waals surface area contributed by atoms with Crippen molar-refractivity contribution in [3.8, 4) is 28.8 Å². The number of H-pyrrole nitrogens is 1. The summed E-state index contributed by atoms with van der Waals surface area (Å²) in [6.45, 7) is 0.392. The molecule has 0 bridgehead atoms. The number of aromatic amines is 1. The zero-order valence-corrected chi connectivity index (χ0v) is 18.8. The molecule has 4 rings (SSSR count). The van der Waals surface area contributed by atoms with Crippen molar-refractivity contribution in [1.82, 2.24) is 9.97 Å². The first kappa shape index (κ1) is 22.2. The van der Waals surface area contributed by atoms with Gasteiger partial charge in [0.15, 0.2) is 16.7 Å². The van der Waals surface area contributed by atoms with E-state index in [9.17, 15) is 10.1 Å². The van der Waals surface area contributed by atoms with Gasteiger partial charge in [0.1, 0.15) is 18.2 Å². The van der Waals surface area contributed by atoms with Crippen LogP contribution < -0.4 is 15.0 Å². The van der Waals surface area contributed by atoms with Crippen molar-refractivity contribution in [3.05, 3.63) is 106 Å². The van der Waals surface area contributed by atoms with Gasteiger partial charge in [0.25, 0.3) is 5.56 Å². The van der Waals surface area contributed by atoms with Crippen LogP contribution in [-0.2, 0) is 12.4 Å². The molecule has 164 valence electrons. The molecule has 0 spiro atoms. The summed E-state index contributed by atoms with van der Waals surface area (Å²) in [5.41, 5.74) is 2.54. The van der Waals surface area contributed by atoms with Crippen LogP contribution in [0.1, 0.15) is 16.7 Å². The fraction of sp³-hybridized carbons (Fsp3) is 0.115. The average Bonchev–Trinajstić information content (AvgIpc) is 2.87. The fourth-order valence-electron chi connectivity index (χ4n) is 3.23. The first-order valence-corrected chi connectivity index (χ1v) is 11.2. The van der Waals surface area contributed by atoms with Crippen molar-refractivity contribution in [2.75, 3.05) is 7.11 Å². The van der Waals surface area contributed by atoms with Gasteiger partial charge in [-0.3, -0.25) is 4.79 Å². The van der Waals surface area contributed by atoms with Crippen molar-refractivity contribution >= 4 is 11.8 Å². The average molecular weight is 456 g/mol. The largest absolute Gasteiger partial charge is 0.493 e. The highest BCUT2D eigenvalue weighted by Gasteiger charge is 2.16. The van der Waals surface area contributed by atoms with Crippen LogP contribution in [0.3, 0.4) is 0 Å². The standard InChI is InChI=1S/C26H21N3O3S/c1-31-23-14-20(12-13-22(23)32-16-18-8-4-2-5-9-18)24-21(15-27)25(30)29-26(28-24)33-17-19-10-6-3-7-11-19/h2-14H,16-17H2,1H3,(H,28,29,30). The van der Waals surface area contributed by atoms with Crippen molar-refractivity contribution < 1.29 is 9.47 Å². The van der Waals surface area contributed by atoms with E-state index in [1.807, 2.05) is 66.7 Å². The summed E-state index contributed by atoms with van der Waals surface area (Å²) in [5, 5.41) is 10.0. The predicted octanol–water partition coefficient (Wildman–Crippen LogP) is 5.19. The van der Waals surface area contributed by atoms with Gasteiger partial charge in [-0.2, -0.15) is 5.26 Å². The van der Waals surface area contributed by atoms with Gasteiger partial charge < -0.3 is 14.5 Å². The maximum atomic E-state index is 12.6. The van der Waals surface area contributed by atoms with Crippen LogP contribution in [0.25, 0.3) is 11.3 Å². The summed E-state index contributed by atoms with van der Waals surface area (Å²) in [4.78, 5) is 19.9. The lowest BCUT2D eigenvalue weighted by atomic mass is 10.1. The summed E-state index contributed by atoms with van der Waals surface area (Å²) < 4.78 is 11.4. The third kappa shape index (κ3) is 5.43. The number of nitriles is 1. The molecule has 0 amide bonds. The van der Waals surface area contributed by atoms with Crippen LogP contribution in [0.2, 0.25) is 0 Å². The Morgan fingerprint density at radius 2 is 1.67 bits per heavy atom. The Labute approximate surface area is 195 Å². The van der Waals surface area contributed by atoms with Crippen molar-refractivity contribution in [3.63, 3.8) is 0 Å². The molecule has 0 aliphatic heterocycles. The SMILES string of the molecule is COc1cc(-c2nc(SCc3ccccc3)[nH]c(=O)c2C#N)ccc1OCc1ccccc1. The topological polar surface area (TPSA) is 88.0 Å². The van der Waals surface area contributed by atoms with Gasteiger partial charge in [-0.15, -0.1) is 0 Å². The lowest BCUT2D eigenvalue weighted by Crippen LogP contribution is -2.14. The van der Waals surface area contributed by atoms with E-state index in [0.717, 1.165) is 11.1 Å². The molecule has 0 saturated heterocycles. The van der Waals surface area contributed by atoms with Gasteiger partial charge >= 0.3 is 0 Å². The molecular weight excluding hydrogens is 434 g/mol. The Morgan fingerprint density at radius 3 is 2.33 bits per heavy atom. The zero-order valence-electron chi connectivity index (χ0n) is 17.9. The predicted molar refractivity (Wildman–Crippen MR) is 128 cm³/mol. The van der Waals surface area contributed by atoms with E-state index < -0.39 is 5.56 Å². The van der Waals surface area contributed by atoms with E-state index in [2.05, 4.69) is 9.97 Å². The summed E-state index contributed by atoms with van der Waals surface area (Å²) in [6.07, 6.45) is 0. The molecule has 6 nitrogen and oxygen atoms in total. The molecule has 1 heterocycles. The third-order valence-electron chi connectivity index (χ3n) is 4.90. The van der Waals surface area contributed by atoms with Crippen LogP contribution in [-0.4, -0.2) is 17.1 Å². The molecule has 3 aromatic carbocycles. The molecule has 0 radical (unpaired) electrons. The molecule has 4 aromatic rings. The van der Waals surface area contributed by atoms with Gasteiger partial charge in [0.05, 0.1) is 12.8 Å². The first-order chi connectivity index (χ1) is 16.2. The maximum Gasteiger partial charge on any atom is 0.270 e. The Hall–Kier alpha value is -4.02. The molecular formula is C26H21N3O3S. The molecule has 1 aromatic heterocycles. The minimum absolute atomic E-state index is 0.0425. The van der Waals surface area contributed by atoms with E-state index in [-0.39, 0.29) is 5.56 Å². The molecule has 0 atom stereocenters. The molecule has 33 heavy (non-hydrogen) atoms. The molecule has 7 heteroatoms. The smallest absolute Gasteiger partial charge is 0.270 e. The Bertz CT molecular complexity index is 1330. The summed E-state index contributed by atoms with van der Waals surface area (Å²) in [5.74, 6) is 1.70. The van der Waals surface area contributed by atoms with Crippen LogP contribution in [0.15, 0.2) is 88.8 Å². The number of nitrogens with zero attached hydrogens (tertiary/aromatic N) is 2. The number of ether oxygens (including phenoxy) is 2. The lowest BCUT2D eigenvalue weighted by molar-refractivity contribution is 0.284. The van der Waals surface area contributed by atoms with E-state index in [1.54, 1.807) is 25.3 Å². The number of thioether (sulfide) groups is 1. The normalized spacial score (nSPS) is 10.4. The minimum atomic E-state index is -0.471. The second-order valence-corrected chi connectivity index (χ2v) is 8.08. The van der Waals surface area contributed by atoms with Gasteiger partial charge in [-0.05, 0) is 29.3 Å². The zero-order chi connectivity index (χ0) is 23.0. The highest BCUT2D eigenvalue weighted by atomic mass is 32.2. The van der Waals surface area contributed by atoms with Crippen molar-refractivity contribution in [1.29, 1.82) is 5.26 Å². The van der Waals surface area contributed by atoms with E-state index >= 15 is 0 Å². The van der Waals surface area contributed by atoms with E-state index in [1.165, 1.54) is 11.8 Å². The highest BCUT2D eigenvalue weighted by molar-refractivity contribution is 7.98. The molecule has 1 N–H and O–H groups in total. The minimum Gasteiger partial charge on any atom is -0.493 e. The number of methoxy groups -OCH3 is 1. The van der Waals surface area contributed by atoms with Crippen LogP contribution in [0, 0.1) is 11.3 Å². The fourth-order valence-corrected chi connectivity index (χ4v) is 4.05. The Kier molecular flexibility index (Phi) is 7.08. The first-order valence-electron chi connectivity index (χ1n) is 10.2. The summed E-state index contributed by atoms with van der Waals surface area (Å²) in [6, 6.07) is 27.0. The monoisotopic (exact) mass is 455 g/mol. The van der Waals surface area contributed by atoms with Gasteiger partial charge in [-0.1, -0.05) is 72.4 Å². The van der Waals surface area contributed by atoms with Crippen LogP contribution in [0.4, 0.5) is 0 Å². The maximum absolute atomic E-state index is 12.6.